The maximum absolute atomic E-state index is 12.9. The van der Waals surface area contributed by atoms with Crippen molar-refractivity contribution in [3.05, 3.63) is 84.4 Å². The van der Waals surface area contributed by atoms with Gasteiger partial charge in [0, 0.05) is 24.0 Å². The molecule has 180 valence electrons. The summed E-state index contributed by atoms with van der Waals surface area (Å²) in [6.07, 6.45) is 10.4. The Morgan fingerprint density at radius 1 is 1.35 bits per heavy atom. The second-order valence-corrected chi connectivity index (χ2v) is 9.49. The lowest BCUT2D eigenvalue weighted by Gasteiger charge is -2.22. The average Bonchev–Trinajstić information content (AvgIpc) is 3.27. The first-order valence-corrected chi connectivity index (χ1v) is 11.9. The van der Waals surface area contributed by atoms with Crippen LogP contribution in [0.15, 0.2) is 72.4 Å². The Labute approximate surface area is 203 Å². The molecule has 0 spiro atoms. The Morgan fingerprint density at radius 3 is 2.79 bits per heavy atom. The summed E-state index contributed by atoms with van der Waals surface area (Å²) >= 11 is 7.24. The number of carboxylic acids is 1. The first-order valence-electron chi connectivity index (χ1n) is 10.6. The largest absolute Gasteiger partial charge is 0.477 e. The van der Waals surface area contributed by atoms with Gasteiger partial charge in [0.1, 0.15) is 11.5 Å². The number of H-pyrrole nitrogens is 1. The van der Waals surface area contributed by atoms with Crippen LogP contribution in [0, 0.1) is 5.92 Å². The molecular weight excluding hydrogens is 482 g/mol. The number of hydrogen-bond donors (Lipinski definition) is 3. The molecule has 0 amide bonds. The lowest BCUT2D eigenvalue weighted by atomic mass is 10.0. The van der Waals surface area contributed by atoms with E-state index in [-0.39, 0.29) is 23.3 Å². The van der Waals surface area contributed by atoms with E-state index in [0.717, 1.165) is 10.1 Å². The van der Waals surface area contributed by atoms with Gasteiger partial charge in [0.15, 0.2) is 0 Å². The molecule has 0 bridgehead atoms. The van der Waals surface area contributed by atoms with Crippen molar-refractivity contribution in [3.8, 4) is 0 Å². The van der Waals surface area contributed by atoms with Crippen LogP contribution in [-0.2, 0) is 23.1 Å². The Balaban J connectivity index is 1.54. The van der Waals surface area contributed by atoms with Crippen LogP contribution in [-0.4, -0.2) is 36.8 Å². The quantitative estimate of drug-likeness (QED) is 0.535. The number of aromatic nitrogens is 3. The summed E-state index contributed by atoms with van der Waals surface area (Å²) in [5.74, 6) is -0.372. The van der Waals surface area contributed by atoms with Gasteiger partial charge < -0.3 is 15.2 Å². The lowest BCUT2D eigenvalue weighted by Crippen LogP contribution is -2.50. The topological polar surface area (TPSA) is 131 Å². The van der Waals surface area contributed by atoms with E-state index in [0.29, 0.717) is 30.2 Å². The molecule has 0 aromatic carbocycles. The van der Waals surface area contributed by atoms with Crippen molar-refractivity contribution in [2.24, 2.45) is 18.0 Å². The molecular formula is C22H24ClN5O5S. The van der Waals surface area contributed by atoms with Crippen LogP contribution in [0.3, 0.4) is 0 Å². The minimum Gasteiger partial charge on any atom is -0.477 e. The van der Waals surface area contributed by atoms with Gasteiger partial charge in [-0.3, -0.25) is 9.55 Å². The van der Waals surface area contributed by atoms with Crippen molar-refractivity contribution < 1.29 is 14.6 Å². The number of ether oxygens (including phenoxy) is 1. The molecule has 2 heterocycles. The average molecular weight is 506 g/mol. The first-order chi connectivity index (χ1) is 16.2. The molecule has 1 aromatic rings. The number of carbonyl (C=O) groups is 1. The third kappa shape index (κ3) is 5.31. The highest BCUT2D eigenvalue weighted by molar-refractivity contribution is 8.02. The van der Waals surface area contributed by atoms with Crippen LogP contribution >= 0.6 is 23.4 Å². The van der Waals surface area contributed by atoms with Gasteiger partial charge in [-0.25, -0.2) is 23.9 Å². The van der Waals surface area contributed by atoms with Gasteiger partial charge in [0.05, 0.1) is 6.04 Å². The number of halogens is 1. The molecule has 1 aliphatic heterocycles. The lowest BCUT2D eigenvalue weighted by molar-refractivity contribution is -0.133. The fourth-order valence-electron chi connectivity index (χ4n) is 3.70. The summed E-state index contributed by atoms with van der Waals surface area (Å²) in [6.45, 7) is 2.25. The predicted octanol–water partition coefficient (Wildman–Crippen LogP) is 1.64. The number of thioether (sulfide) groups is 1. The molecule has 1 aromatic heterocycles. The molecule has 2 aliphatic carbocycles. The van der Waals surface area contributed by atoms with Gasteiger partial charge in [-0.05, 0) is 43.4 Å². The molecule has 10 nitrogen and oxygen atoms in total. The highest BCUT2D eigenvalue weighted by Crippen LogP contribution is 2.28. The van der Waals surface area contributed by atoms with E-state index in [2.05, 4.69) is 15.3 Å². The fourth-order valence-corrected chi connectivity index (χ4v) is 4.64. The van der Waals surface area contributed by atoms with Crippen LogP contribution in [0.4, 0.5) is 0 Å². The third-order valence-corrected chi connectivity index (χ3v) is 6.71. The Hall–Kier alpha value is -3.18. The van der Waals surface area contributed by atoms with Crippen molar-refractivity contribution in [1.82, 2.24) is 19.4 Å². The molecule has 12 heteroatoms. The second-order valence-electron chi connectivity index (χ2n) is 8.12. The Morgan fingerprint density at radius 2 is 2.15 bits per heavy atom. The molecule has 0 radical (unpaired) electrons. The highest BCUT2D eigenvalue weighted by Gasteiger charge is 2.24. The number of carboxylic acid groups (broad SMARTS) is 1. The third-order valence-electron chi connectivity index (χ3n) is 5.60. The van der Waals surface area contributed by atoms with E-state index in [1.165, 1.54) is 28.8 Å². The zero-order valence-electron chi connectivity index (χ0n) is 18.5. The molecule has 3 atom stereocenters. The van der Waals surface area contributed by atoms with Gasteiger partial charge in [0.2, 0.25) is 11.2 Å². The molecule has 0 saturated carbocycles. The Bertz CT molecular complexity index is 1350. The van der Waals surface area contributed by atoms with Gasteiger partial charge in [-0.1, -0.05) is 41.6 Å². The molecule has 0 fully saturated rings. The van der Waals surface area contributed by atoms with E-state index in [9.17, 15) is 14.4 Å². The van der Waals surface area contributed by atoms with Crippen molar-refractivity contribution in [2.75, 3.05) is 0 Å². The number of hydrogen-bond acceptors (Lipinski definition) is 7. The van der Waals surface area contributed by atoms with Crippen LogP contribution in [0.1, 0.15) is 19.8 Å². The van der Waals surface area contributed by atoms with E-state index in [1.807, 2.05) is 25.2 Å². The maximum atomic E-state index is 12.9. The Kier molecular flexibility index (Phi) is 7.03. The number of aromatic amines is 1. The monoisotopic (exact) mass is 505 g/mol. The fraction of sp³-hybridized carbons (Fsp3) is 0.364. The summed E-state index contributed by atoms with van der Waals surface area (Å²) in [7, 11) is 1.42. The molecule has 3 aliphatic rings. The van der Waals surface area contributed by atoms with Crippen molar-refractivity contribution in [3.63, 3.8) is 0 Å². The zero-order chi connectivity index (χ0) is 24.4. The number of aliphatic carboxylic acids is 1. The summed E-state index contributed by atoms with van der Waals surface area (Å²) in [5, 5.41) is 14.0. The van der Waals surface area contributed by atoms with Gasteiger partial charge in [-0.15, -0.1) is 0 Å². The van der Waals surface area contributed by atoms with E-state index in [4.69, 9.17) is 21.4 Å². The van der Waals surface area contributed by atoms with Crippen LogP contribution in [0.5, 0.6) is 0 Å². The predicted molar refractivity (Wildman–Crippen MR) is 129 cm³/mol. The van der Waals surface area contributed by atoms with Crippen LogP contribution in [0.2, 0.25) is 0 Å². The number of nitrogens with zero attached hydrogens (tertiary/aromatic N) is 3. The molecule has 0 saturated heterocycles. The zero-order valence-corrected chi connectivity index (χ0v) is 20.1. The SMILES string of the molecule is CC1=C(OC2NC(C(=O)O)=CS2)C=CC(/N=c2\[nH]c(=O)n(C)c(=O)n2CC2C=CC(Cl)=CC2)C1. The first kappa shape index (κ1) is 24.0. The minimum absolute atomic E-state index is 0.0456. The van der Waals surface area contributed by atoms with Gasteiger partial charge in [0.25, 0.3) is 0 Å². The van der Waals surface area contributed by atoms with Crippen molar-refractivity contribution in [2.45, 2.75) is 37.9 Å². The molecule has 3 N–H and O–H groups in total. The highest BCUT2D eigenvalue weighted by atomic mass is 35.5. The number of allylic oxidation sites excluding steroid dienone is 5. The second kappa shape index (κ2) is 9.98. The van der Waals surface area contributed by atoms with Crippen LogP contribution < -0.4 is 22.3 Å². The summed E-state index contributed by atoms with van der Waals surface area (Å²) in [5.41, 5.74) is -0.308. The van der Waals surface area contributed by atoms with Gasteiger partial charge >= 0.3 is 17.3 Å². The van der Waals surface area contributed by atoms with Crippen molar-refractivity contribution in [1.29, 1.82) is 0 Å². The summed E-state index contributed by atoms with van der Waals surface area (Å²) in [4.78, 5) is 43.5. The maximum Gasteiger partial charge on any atom is 0.352 e. The molecule has 4 rings (SSSR count). The minimum atomic E-state index is -1.04. The van der Waals surface area contributed by atoms with Crippen molar-refractivity contribution >= 4 is 29.3 Å². The number of rotatable bonds is 6. The number of nitrogens with one attached hydrogen (secondary N) is 2. The standard InChI is InChI=1S/C22H24ClN5O5S/c1-12-9-15(7-8-17(12)33-21-25-16(11-34-21)18(29)30)24-19-26-20(31)27(2)22(32)28(19)10-13-3-5-14(23)6-4-13/h3,5-8,11,13,15,21,25H,4,9-10H2,1-2H3,(H,29,30)(H,24,26,31). The summed E-state index contributed by atoms with van der Waals surface area (Å²) < 4.78 is 8.37. The molecule has 34 heavy (non-hydrogen) atoms. The van der Waals surface area contributed by atoms with Crippen LogP contribution in [0.25, 0.3) is 0 Å². The van der Waals surface area contributed by atoms with Gasteiger partial charge in [-0.2, -0.15) is 0 Å². The van der Waals surface area contributed by atoms with E-state index >= 15 is 0 Å². The molecule has 3 unspecified atom stereocenters. The summed E-state index contributed by atoms with van der Waals surface area (Å²) in [6, 6.07) is -0.311. The normalized spacial score (nSPS) is 24.7. The van der Waals surface area contributed by atoms with E-state index in [1.54, 1.807) is 12.2 Å². The smallest absolute Gasteiger partial charge is 0.352 e. The van der Waals surface area contributed by atoms with E-state index < -0.39 is 22.9 Å².